The first-order valence-corrected chi connectivity index (χ1v) is 10.2. The lowest BCUT2D eigenvalue weighted by Gasteiger charge is -2.09. The number of ether oxygens (including phenoxy) is 1. The van der Waals surface area contributed by atoms with Gasteiger partial charge in [0.25, 0.3) is 0 Å². The minimum absolute atomic E-state index is 0.888. The third kappa shape index (κ3) is 13.2. The minimum Gasteiger partial charge on any atom is -0.499 e. The predicted octanol–water partition coefficient (Wildman–Crippen LogP) is 7.55. The first-order valence-electron chi connectivity index (χ1n) is 10.2. The molecule has 0 atom stereocenters. The van der Waals surface area contributed by atoms with Crippen LogP contribution in [-0.2, 0) is 4.74 Å². The van der Waals surface area contributed by atoms with Crippen molar-refractivity contribution in [2.24, 2.45) is 0 Å². The maximum Gasteiger partial charge on any atom is 0.0888 e. The van der Waals surface area contributed by atoms with Gasteiger partial charge in [-0.15, -0.1) is 0 Å². The molecule has 0 bridgehead atoms. The molecule has 0 N–H and O–H groups in total. The molecular weight excluding hydrogens is 268 g/mol. The lowest BCUT2D eigenvalue weighted by Crippen LogP contribution is -1.95. The molecule has 1 aliphatic rings. The number of allylic oxidation sites excluding steroid dienone is 1. The second kappa shape index (κ2) is 15.4. The lowest BCUT2D eigenvalue weighted by atomic mass is 10.0. The molecule has 1 saturated heterocycles. The third-order valence-corrected chi connectivity index (χ3v) is 4.91. The average molecular weight is 309 g/mol. The summed E-state index contributed by atoms with van der Waals surface area (Å²) in [5, 5.41) is 0. The fraction of sp³-hybridized carbons (Fsp3) is 0.905. The molecule has 1 rings (SSSR count). The van der Waals surface area contributed by atoms with E-state index in [9.17, 15) is 0 Å². The van der Waals surface area contributed by atoms with Crippen molar-refractivity contribution in [1.29, 1.82) is 0 Å². The Balaban J connectivity index is 2.09. The maximum absolute atomic E-state index is 5.75. The molecule has 0 amide bonds. The Labute approximate surface area is 139 Å². The van der Waals surface area contributed by atoms with Crippen molar-refractivity contribution in [2.75, 3.05) is 6.61 Å². The highest BCUT2D eigenvalue weighted by Gasteiger charge is 1.99. The normalized spacial score (nSPS) is 23.2. The Hall–Kier alpha value is -0.460. The molecule has 1 heteroatoms. The van der Waals surface area contributed by atoms with Crippen LogP contribution in [0.1, 0.15) is 116 Å². The van der Waals surface area contributed by atoms with Gasteiger partial charge >= 0.3 is 0 Å². The zero-order valence-corrected chi connectivity index (χ0v) is 15.1. The van der Waals surface area contributed by atoms with E-state index in [2.05, 4.69) is 6.58 Å². The Bertz CT molecular complexity index is 222. The van der Waals surface area contributed by atoms with Crippen molar-refractivity contribution in [1.82, 2.24) is 0 Å². The maximum atomic E-state index is 5.75. The molecule has 0 spiro atoms. The lowest BCUT2D eigenvalue weighted by molar-refractivity contribution is 0.195. The van der Waals surface area contributed by atoms with Crippen molar-refractivity contribution >= 4 is 0 Å². The minimum atomic E-state index is 0.888. The largest absolute Gasteiger partial charge is 0.499 e. The van der Waals surface area contributed by atoms with E-state index in [-0.39, 0.29) is 0 Å². The van der Waals surface area contributed by atoms with E-state index in [0.29, 0.717) is 0 Å². The zero-order chi connectivity index (χ0) is 15.7. The van der Waals surface area contributed by atoms with Crippen LogP contribution in [-0.4, -0.2) is 6.61 Å². The summed E-state index contributed by atoms with van der Waals surface area (Å²) in [5.74, 6) is 1.02. The van der Waals surface area contributed by atoms with Crippen LogP contribution < -0.4 is 0 Å². The van der Waals surface area contributed by atoms with Crippen LogP contribution in [0.15, 0.2) is 12.3 Å². The zero-order valence-electron chi connectivity index (χ0n) is 15.1. The van der Waals surface area contributed by atoms with Gasteiger partial charge in [0.1, 0.15) is 0 Å². The molecule has 0 radical (unpaired) electrons. The highest BCUT2D eigenvalue weighted by molar-refractivity contribution is 4.81. The summed E-state index contributed by atoms with van der Waals surface area (Å²) in [6, 6.07) is 0. The van der Waals surface area contributed by atoms with Gasteiger partial charge in [0.15, 0.2) is 0 Å². The van der Waals surface area contributed by atoms with Crippen molar-refractivity contribution in [3.8, 4) is 0 Å². The summed E-state index contributed by atoms with van der Waals surface area (Å²) in [6.45, 7) is 4.94. The summed E-state index contributed by atoms with van der Waals surface area (Å²) in [7, 11) is 0. The molecule has 0 aromatic rings. The smallest absolute Gasteiger partial charge is 0.0888 e. The Morgan fingerprint density at radius 1 is 0.455 bits per heavy atom. The fourth-order valence-corrected chi connectivity index (χ4v) is 3.36. The number of hydrogen-bond donors (Lipinski definition) is 0. The molecule has 0 aromatic carbocycles. The molecule has 0 saturated carbocycles. The monoisotopic (exact) mass is 308 g/mol. The summed E-state index contributed by atoms with van der Waals surface area (Å²) in [4.78, 5) is 0. The van der Waals surface area contributed by atoms with Gasteiger partial charge in [0, 0.05) is 6.42 Å². The summed E-state index contributed by atoms with van der Waals surface area (Å²) < 4.78 is 5.75. The van der Waals surface area contributed by atoms with Gasteiger partial charge in [-0.3, -0.25) is 0 Å². The first-order chi connectivity index (χ1) is 10.9. The van der Waals surface area contributed by atoms with Gasteiger partial charge in [-0.1, -0.05) is 103 Å². The van der Waals surface area contributed by atoms with Crippen LogP contribution in [0.3, 0.4) is 0 Å². The molecule has 0 aromatic heterocycles. The molecule has 0 aliphatic carbocycles. The van der Waals surface area contributed by atoms with E-state index in [4.69, 9.17) is 4.74 Å². The van der Waals surface area contributed by atoms with Crippen LogP contribution in [0.5, 0.6) is 0 Å². The van der Waals surface area contributed by atoms with Crippen LogP contribution in [0, 0.1) is 0 Å². The average Bonchev–Trinajstić information content (AvgIpc) is 2.52. The van der Waals surface area contributed by atoms with Crippen molar-refractivity contribution in [3.63, 3.8) is 0 Å². The quantitative estimate of drug-likeness (QED) is 0.449. The second-order valence-electron chi connectivity index (χ2n) is 7.15. The van der Waals surface area contributed by atoms with Crippen LogP contribution in [0.4, 0.5) is 0 Å². The van der Waals surface area contributed by atoms with Crippen molar-refractivity contribution < 1.29 is 4.74 Å². The second-order valence-corrected chi connectivity index (χ2v) is 7.15. The topological polar surface area (TPSA) is 9.23 Å². The van der Waals surface area contributed by atoms with E-state index < -0.39 is 0 Å². The molecule has 0 unspecified atom stereocenters. The van der Waals surface area contributed by atoms with E-state index in [0.717, 1.165) is 18.8 Å². The van der Waals surface area contributed by atoms with Crippen LogP contribution in [0.25, 0.3) is 0 Å². The highest BCUT2D eigenvalue weighted by Crippen LogP contribution is 2.16. The fourth-order valence-electron chi connectivity index (χ4n) is 3.36. The molecule has 1 fully saturated rings. The highest BCUT2D eigenvalue weighted by atomic mass is 16.5. The van der Waals surface area contributed by atoms with Gasteiger partial charge in [-0.25, -0.2) is 0 Å². The van der Waals surface area contributed by atoms with Gasteiger partial charge < -0.3 is 4.74 Å². The molecule has 1 aliphatic heterocycles. The van der Waals surface area contributed by atoms with E-state index in [1.165, 1.54) is 109 Å². The Morgan fingerprint density at radius 2 is 0.773 bits per heavy atom. The van der Waals surface area contributed by atoms with E-state index >= 15 is 0 Å². The standard InChI is InChI=1S/C21H40O/c1-21-19-17-15-13-11-9-7-5-3-2-4-6-8-10-12-14-16-18-20-22-21/h1-20H2. The molecule has 1 nitrogen and oxygen atoms in total. The van der Waals surface area contributed by atoms with E-state index in [1.54, 1.807) is 0 Å². The van der Waals surface area contributed by atoms with Crippen molar-refractivity contribution in [3.05, 3.63) is 12.3 Å². The summed E-state index contributed by atoms with van der Waals surface area (Å²) in [5.41, 5.74) is 0. The summed E-state index contributed by atoms with van der Waals surface area (Å²) in [6.07, 6.45) is 25.0. The first kappa shape index (κ1) is 19.6. The Morgan fingerprint density at radius 3 is 1.18 bits per heavy atom. The summed E-state index contributed by atoms with van der Waals surface area (Å²) >= 11 is 0. The van der Waals surface area contributed by atoms with E-state index in [1.807, 2.05) is 0 Å². The van der Waals surface area contributed by atoms with Crippen LogP contribution >= 0.6 is 0 Å². The number of hydrogen-bond acceptors (Lipinski definition) is 1. The molecule has 22 heavy (non-hydrogen) atoms. The van der Waals surface area contributed by atoms with Crippen LogP contribution in [0.2, 0.25) is 0 Å². The third-order valence-electron chi connectivity index (χ3n) is 4.91. The van der Waals surface area contributed by atoms with Gasteiger partial charge in [-0.05, 0) is 12.8 Å². The van der Waals surface area contributed by atoms with Gasteiger partial charge in [0.05, 0.1) is 12.4 Å². The predicted molar refractivity (Wildman–Crippen MR) is 98.2 cm³/mol. The van der Waals surface area contributed by atoms with Gasteiger partial charge in [0.2, 0.25) is 0 Å². The number of rotatable bonds is 0. The molecule has 130 valence electrons. The van der Waals surface area contributed by atoms with Gasteiger partial charge in [-0.2, -0.15) is 0 Å². The molecular formula is C21H40O. The Kier molecular flexibility index (Phi) is 13.7. The SMILES string of the molecule is C=C1CCCCCCCCCCCCCCCCCCCO1. The molecule has 1 heterocycles. The van der Waals surface area contributed by atoms with Crippen molar-refractivity contribution in [2.45, 2.75) is 116 Å².